The zero-order valence-electron chi connectivity index (χ0n) is 12.1. The summed E-state index contributed by atoms with van der Waals surface area (Å²) in [6.07, 6.45) is 15.5. The van der Waals surface area contributed by atoms with Crippen LogP contribution in [-0.2, 0) is 9.59 Å². The number of allylic oxidation sites excluding steroid dienone is 5. The van der Waals surface area contributed by atoms with Gasteiger partial charge < -0.3 is 0 Å². The number of unbranched alkanes of at least 4 members (excludes halogenated alkanes) is 2. The monoisotopic (exact) mass is 262 g/mol. The molecule has 0 aliphatic carbocycles. The smallest absolute Gasteiger partial charge is 0.133 e. The number of carbonyl (C=O) groups is 2. The van der Waals surface area contributed by atoms with Gasteiger partial charge in [0.05, 0.1) is 0 Å². The van der Waals surface area contributed by atoms with Crippen LogP contribution in [0.2, 0.25) is 0 Å². The second-order valence-corrected chi connectivity index (χ2v) is 4.62. The highest BCUT2D eigenvalue weighted by atomic mass is 16.1. The van der Waals surface area contributed by atoms with Gasteiger partial charge >= 0.3 is 0 Å². The zero-order chi connectivity index (χ0) is 14.3. The molecular formula is C17H26O2. The Hall–Kier alpha value is -1.44. The number of Topliss-reactive ketones (excluding diaryl/α,β-unsaturated/α-hetero) is 2. The number of hydrogen-bond acceptors (Lipinski definition) is 2. The summed E-state index contributed by atoms with van der Waals surface area (Å²) in [6.45, 7) is 5.57. The molecule has 0 saturated carbocycles. The third kappa shape index (κ3) is 12.8. The molecule has 0 amide bonds. The van der Waals surface area contributed by atoms with Crippen LogP contribution in [0.15, 0.2) is 37.0 Å². The molecule has 106 valence electrons. The lowest BCUT2D eigenvalue weighted by molar-refractivity contribution is -0.124. The second-order valence-electron chi connectivity index (χ2n) is 4.62. The van der Waals surface area contributed by atoms with E-state index >= 15 is 0 Å². The molecule has 0 rings (SSSR count). The van der Waals surface area contributed by atoms with Crippen molar-refractivity contribution in [3.63, 3.8) is 0 Å². The molecule has 0 radical (unpaired) electrons. The van der Waals surface area contributed by atoms with E-state index in [1.807, 2.05) is 25.2 Å². The molecule has 0 spiro atoms. The fourth-order valence-electron chi connectivity index (χ4n) is 1.71. The minimum atomic E-state index is 0.216. The van der Waals surface area contributed by atoms with Crippen molar-refractivity contribution >= 4 is 11.6 Å². The molecule has 0 unspecified atom stereocenters. The molecule has 0 N–H and O–H groups in total. The number of ketones is 2. The van der Waals surface area contributed by atoms with Gasteiger partial charge in [-0.3, -0.25) is 9.59 Å². The molecule has 0 aromatic heterocycles. The van der Waals surface area contributed by atoms with E-state index in [-0.39, 0.29) is 11.6 Å². The van der Waals surface area contributed by atoms with Gasteiger partial charge in [0, 0.05) is 25.7 Å². The van der Waals surface area contributed by atoms with E-state index in [2.05, 4.69) is 12.7 Å². The molecule has 0 aromatic carbocycles. The summed E-state index contributed by atoms with van der Waals surface area (Å²) in [6, 6.07) is 0. The zero-order valence-corrected chi connectivity index (χ0v) is 12.1. The van der Waals surface area contributed by atoms with Gasteiger partial charge in [-0.15, -0.1) is 0 Å². The summed E-state index contributed by atoms with van der Waals surface area (Å²) in [4.78, 5) is 22.8. The molecule has 2 heteroatoms. The van der Waals surface area contributed by atoms with E-state index < -0.39 is 0 Å². The Morgan fingerprint density at radius 2 is 1.58 bits per heavy atom. The molecule has 0 saturated heterocycles. The van der Waals surface area contributed by atoms with E-state index in [1.165, 1.54) is 0 Å². The van der Waals surface area contributed by atoms with Crippen LogP contribution in [0.1, 0.15) is 58.3 Å². The lowest BCUT2D eigenvalue weighted by Gasteiger charge is -2.00. The van der Waals surface area contributed by atoms with Gasteiger partial charge in [-0.2, -0.15) is 0 Å². The number of rotatable bonds is 12. The summed E-state index contributed by atoms with van der Waals surface area (Å²) >= 11 is 0. The summed E-state index contributed by atoms with van der Waals surface area (Å²) in [5.74, 6) is 0.438. The van der Waals surface area contributed by atoms with Crippen molar-refractivity contribution in [1.29, 1.82) is 0 Å². The van der Waals surface area contributed by atoms with Gasteiger partial charge in [-0.05, 0) is 25.7 Å². The van der Waals surface area contributed by atoms with Crippen molar-refractivity contribution < 1.29 is 9.59 Å². The van der Waals surface area contributed by atoms with Gasteiger partial charge in [-0.1, -0.05) is 43.9 Å². The van der Waals surface area contributed by atoms with Crippen LogP contribution in [0.5, 0.6) is 0 Å². The number of hydrogen-bond donors (Lipinski definition) is 0. The van der Waals surface area contributed by atoms with Gasteiger partial charge in [0.2, 0.25) is 0 Å². The third-order valence-corrected chi connectivity index (χ3v) is 2.78. The predicted octanol–water partition coefficient (Wildman–Crippen LogP) is 4.56. The van der Waals surface area contributed by atoms with E-state index in [0.29, 0.717) is 25.7 Å². The van der Waals surface area contributed by atoms with Crippen LogP contribution in [0.3, 0.4) is 0 Å². The fraction of sp³-hybridized carbons (Fsp3) is 0.529. The maximum absolute atomic E-state index is 11.5. The maximum Gasteiger partial charge on any atom is 0.133 e. The van der Waals surface area contributed by atoms with Crippen molar-refractivity contribution in [3.8, 4) is 0 Å². The molecular weight excluding hydrogens is 236 g/mol. The van der Waals surface area contributed by atoms with Crippen LogP contribution in [0.4, 0.5) is 0 Å². The van der Waals surface area contributed by atoms with Gasteiger partial charge in [0.25, 0.3) is 0 Å². The third-order valence-electron chi connectivity index (χ3n) is 2.78. The molecule has 0 atom stereocenters. The van der Waals surface area contributed by atoms with Crippen LogP contribution >= 0.6 is 0 Å². The minimum absolute atomic E-state index is 0.216. The van der Waals surface area contributed by atoms with Crippen molar-refractivity contribution in [2.24, 2.45) is 0 Å². The maximum atomic E-state index is 11.5. The number of carbonyl (C=O) groups excluding carboxylic acids is 2. The Bertz CT molecular complexity index is 324. The van der Waals surface area contributed by atoms with Crippen molar-refractivity contribution in [2.75, 3.05) is 0 Å². The topological polar surface area (TPSA) is 34.1 Å². The summed E-state index contributed by atoms with van der Waals surface area (Å²) in [5, 5.41) is 0. The lowest BCUT2D eigenvalue weighted by Crippen LogP contribution is -2.03. The minimum Gasteiger partial charge on any atom is -0.300 e. The molecule has 0 aliphatic rings. The Morgan fingerprint density at radius 1 is 0.895 bits per heavy atom. The lowest BCUT2D eigenvalue weighted by atomic mass is 10.0. The van der Waals surface area contributed by atoms with Crippen LogP contribution < -0.4 is 0 Å². The standard InChI is InChI=1S/C17H26O2/c1-3-5-6-7-8-9-10-11-13-17(19)15-14-16(18)12-4-2/h3,5-8H,1,4,9-15H2,2H3. The van der Waals surface area contributed by atoms with E-state index in [0.717, 1.165) is 25.7 Å². The highest BCUT2D eigenvalue weighted by Crippen LogP contribution is 2.06. The first-order valence-corrected chi connectivity index (χ1v) is 7.18. The molecule has 0 aromatic rings. The van der Waals surface area contributed by atoms with Gasteiger partial charge in [0.15, 0.2) is 0 Å². The Morgan fingerprint density at radius 3 is 2.21 bits per heavy atom. The first kappa shape index (κ1) is 17.6. The van der Waals surface area contributed by atoms with E-state index in [9.17, 15) is 9.59 Å². The van der Waals surface area contributed by atoms with Crippen molar-refractivity contribution in [3.05, 3.63) is 37.0 Å². The highest BCUT2D eigenvalue weighted by Gasteiger charge is 2.05. The van der Waals surface area contributed by atoms with E-state index in [1.54, 1.807) is 6.08 Å². The first-order chi connectivity index (χ1) is 9.20. The van der Waals surface area contributed by atoms with Gasteiger partial charge in [-0.25, -0.2) is 0 Å². The highest BCUT2D eigenvalue weighted by molar-refractivity contribution is 5.85. The SMILES string of the molecule is C=CC=CC=CCCCCC(=O)CCC(=O)CCC. The molecule has 0 fully saturated rings. The van der Waals surface area contributed by atoms with Gasteiger partial charge in [0.1, 0.15) is 11.6 Å². The molecule has 0 heterocycles. The van der Waals surface area contributed by atoms with Crippen LogP contribution in [0.25, 0.3) is 0 Å². The van der Waals surface area contributed by atoms with E-state index in [4.69, 9.17) is 0 Å². The summed E-state index contributed by atoms with van der Waals surface area (Å²) in [7, 11) is 0. The molecule has 0 bridgehead atoms. The fourth-order valence-corrected chi connectivity index (χ4v) is 1.71. The Balaban J connectivity index is 3.48. The van der Waals surface area contributed by atoms with Crippen molar-refractivity contribution in [1.82, 2.24) is 0 Å². The molecule has 0 aliphatic heterocycles. The first-order valence-electron chi connectivity index (χ1n) is 7.18. The second kappa shape index (κ2) is 13.0. The quantitative estimate of drug-likeness (QED) is 0.381. The van der Waals surface area contributed by atoms with Crippen LogP contribution in [-0.4, -0.2) is 11.6 Å². The largest absolute Gasteiger partial charge is 0.300 e. The normalized spacial score (nSPS) is 11.2. The Kier molecular flexibility index (Phi) is 12.0. The summed E-state index contributed by atoms with van der Waals surface area (Å²) < 4.78 is 0. The van der Waals surface area contributed by atoms with Crippen molar-refractivity contribution in [2.45, 2.75) is 58.3 Å². The molecule has 2 nitrogen and oxygen atoms in total. The van der Waals surface area contributed by atoms with Crippen LogP contribution in [0, 0.1) is 0 Å². The molecule has 19 heavy (non-hydrogen) atoms. The average Bonchev–Trinajstić information content (AvgIpc) is 2.40. The average molecular weight is 262 g/mol. The Labute approximate surface area is 117 Å². The summed E-state index contributed by atoms with van der Waals surface area (Å²) in [5.41, 5.74) is 0. The predicted molar refractivity (Wildman–Crippen MR) is 81.1 cm³/mol.